The molecule has 144 valence electrons. The quantitative estimate of drug-likeness (QED) is 0.875. The van der Waals surface area contributed by atoms with E-state index in [0.29, 0.717) is 12.1 Å². The molecule has 0 aliphatic carbocycles. The Hall–Kier alpha value is -2.74. The van der Waals surface area contributed by atoms with Crippen molar-refractivity contribution in [3.05, 3.63) is 58.9 Å². The summed E-state index contributed by atoms with van der Waals surface area (Å²) in [5.74, 6) is -2.15. The number of anilines is 1. The van der Waals surface area contributed by atoms with Gasteiger partial charge in [0.1, 0.15) is 11.9 Å². The van der Waals surface area contributed by atoms with E-state index >= 15 is 0 Å². The van der Waals surface area contributed by atoms with Gasteiger partial charge in [-0.05, 0) is 24.1 Å². The molecule has 1 saturated heterocycles. The second-order valence-corrected chi connectivity index (χ2v) is 6.21. The first kappa shape index (κ1) is 19.0. The molecule has 0 spiro atoms. The molecular formula is C19H19F3N2O3. The van der Waals surface area contributed by atoms with Crippen LogP contribution in [0, 0.1) is 24.4 Å². The lowest BCUT2D eigenvalue weighted by Crippen LogP contribution is -2.44. The van der Waals surface area contributed by atoms with Gasteiger partial charge in [0.25, 0.3) is 0 Å². The van der Waals surface area contributed by atoms with Crippen molar-refractivity contribution in [3.63, 3.8) is 0 Å². The highest BCUT2D eigenvalue weighted by atomic mass is 19.1. The van der Waals surface area contributed by atoms with E-state index in [1.165, 1.54) is 18.1 Å². The fourth-order valence-corrected chi connectivity index (χ4v) is 2.88. The van der Waals surface area contributed by atoms with Crippen molar-refractivity contribution in [2.24, 2.45) is 0 Å². The van der Waals surface area contributed by atoms with Crippen LogP contribution in [0.25, 0.3) is 0 Å². The summed E-state index contributed by atoms with van der Waals surface area (Å²) in [6.07, 6.45) is -0.429. The van der Waals surface area contributed by atoms with Gasteiger partial charge in [-0.1, -0.05) is 12.1 Å². The van der Waals surface area contributed by atoms with Gasteiger partial charge in [0.2, 0.25) is 0 Å². The van der Waals surface area contributed by atoms with Crippen LogP contribution >= 0.6 is 0 Å². The summed E-state index contributed by atoms with van der Waals surface area (Å²) in [7, 11) is 1.22. The van der Waals surface area contributed by atoms with E-state index in [1.54, 1.807) is 19.1 Å². The molecule has 3 rings (SSSR count). The Bertz CT molecular complexity index is 860. The van der Waals surface area contributed by atoms with Crippen molar-refractivity contribution in [1.29, 1.82) is 0 Å². The average molecular weight is 380 g/mol. The van der Waals surface area contributed by atoms with E-state index in [-0.39, 0.29) is 30.4 Å². The number of benzene rings is 2. The van der Waals surface area contributed by atoms with E-state index in [2.05, 4.69) is 5.32 Å². The van der Waals surface area contributed by atoms with Gasteiger partial charge < -0.3 is 19.7 Å². The summed E-state index contributed by atoms with van der Waals surface area (Å²) in [5.41, 5.74) is 0.945. The molecule has 1 fully saturated rings. The van der Waals surface area contributed by atoms with E-state index in [0.717, 1.165) is 17.7 Å². The number of methoxy groups -OCH3 is 1. The minimum absolute atomic E-state index is 0.206. The molecule has 5 nitrogen and oxygen atoms in total. The van der Waals surface area contributed by atoms with E-state index < -0.39 is 23.8 Å². The Morgan fingerprint density at radius 1 is 1.19 bits per heavy atom. The number of urea groups is 1. The molecular weight excluding hydrogens is 361 g/mol. The number of amides is 2. The molecule has 0 bridgehead atoms. The number of nitrogens with zero attached hydrogens (tertiary/aromatic N) is 1. The van der Waals surface area contributed by atoms with Gasteiger partial charge in [-0.2, -0.15) is 0 Å². The van der Waals surface area contributed by atoms with E-state index in [1.807, 2.05) is 0 Å². The Kier molecular flexibility index (Phi) is 5.55. The zero-order valence-corrected chi connectivity index (χ0v) is 14.9. The molecule has 0 aromatic heterocycles. The third-order valence-electron chi connectivity index (χ3n) is 4.39. The van der Waals surface area contributed by atoms with Crippen molar-refractivity contribution in [1.82, 2.24) is 4.90 Å². The van der Waals surface area contributed by atoms with Crippen molar-refractivity contribution in [2.45, 2.75) is 13.0 Å². The molecule has 2 aromatic carbocycles. The first-order valence-electron chi connectivity index (χ1n) is 8.35. The lowest BCUT2D eigenvalue weighted by atomic mass is 10.0. The lowest BCUT2D eigenvalue weighted by Gasteiger charge is -2.33. The standard InChI is InChI=1S/C19H19F3N2O3/c1-11-7-12(3-4-13(11)20)18-10-24(5-6-27-18)19(25)23-16-8-15(22)17(26-2)9-14(16)21/h3-4,7-9,18H,5-6,10H2,1-2H3,(H,23,25)/t18-/m0/s1. The highest BCUT2D eigenvalue weighted by Gasteiger charge is 2.26. The largest absolute Gasteiger partial charge is 0.494 e. The molecule has 1 aliphatic rings. The molecule has 1 aliphatic heterocycles. The number of nitrogens with one attached hydrogen (secondary N) is 1. The highest BCUT2D eigenvalue weighted by molar-refractivity contribution is 5.89. The first-order valence-corrected chi connectivity index (χ1v) is 8.35. The second-order valence-electron chi connectivity index (χ2n) is 6.21. The van der Waals surface area contributed by atoms with Crippen molar-refractivity contribution >= 4 is 11.7 Å². The maximum absolute atomic E-state index is 14.0. The predicted molar refractivity (Wildman–Crippen MR) is 93.3 cm³/mol. The maximum Gasteiger partial charge on any atom is 0.322 e. The zero-order valence-electron chi connectivity index (χ0n) is 14.9. The molecule has 27 heavy (non-hydrogen) atoms. The van der Waals surface area contributed by atoms with Crippen LogP contribution in [0.5, 0.6) is 5.75 Å². The van der Waals surface area contributed by atoms with Crippen LogP contribution in [0.15, 0.2) is 30.3 Å². The van der Waals surface area contributed by atoms with Gasteiger partial charge in [-0.3, -0.25) is 0 Å². The summed E-state index contributed by atoms with van der Waals surface area (Å²) >= 11 is 0. The van der Waals surface area contributed by atoms with E-state index in [4.69, 9.17) is 9.47 Å². The molecule has 2 aromatic rings. The summed E-state index contributed by atoms with van der Waals surface area (Å²) in [5, 5.41) is 2.37. The Morgan fingerprint density at radius 3 is 2.67 bits per heavy atom. The number of carbonyl (C=O) groups excluding carboxylic acids is 1. The topological polar surface area (TPSA) is 50.8 Å². The van der Waals surface area contributed by atoms with Gasteiger partial charge in [0, 0.05) is 18.7 Å². The normalized spacial score (nSPS) is 16.9. The van der Waals surface area contributed by atoms with Crippen molar-refractivity contribution < 1.29 is 27.4 Å². The average Bonchev–Trinajstić information content (AvgIpc) is 2.66. The van der Waals surface area contributed by atoms with Gasteiger partial charge in [0.05, 0.1) is 25.9 Å². The zero-order chi connectivity index (χ0) is 19.6. The van der Waals surface area contributed by atoms with Gasteiger partial charge in [0.15, 0.2) is 17.4 Å². The Morgan fingerprint density at radius 2 is 1.96 bits per heavy atom. The van der Waals surface area contributed by atoms with Crippen LogP contribution in [0.4, 0.5) is 23.7 Å². The fraction of sp³-hybridized carbons (Fsp3) is 0.316. The number of hydrogen-bond acceptors (Lipinski definition) is 3. The number of halogens is 3. The van der Waals surface area contributed by atoms with Crippen LogP contribution in [0.2, 0.25) is 0 Å². The minimum Gasteiger partial charge on any atom is -0.494 e. The number of ether oxygens (including phenoxy) is 2. The number of morpholine rings is 1. The van der Waals surface area contributed by atoms with Crippen molar-refractivity contribution in [2.75, 3.05) is 32.1 Å². The molecule has 8 heteroatoms. The van der Waals surface area contributed by atoms with E-state index in [9.17, 15) is 18.0 Å². The first-order chi connectivity index (χ1) is 12.9. The number of rotatable bonds is 3. The van der Waals surface area contributed by atoms with Gasteiger partial charge in [-0.25, -0.2) is 18.0 Å². The summed E-state index contributed by atoms with van der Waals surface area (Å²) in [6, 6.07) is 5.78. The predicted octanol–water partition coefficient (Wildman–Crippen LogP) is 4.03. The number of aryl methyl sites for hydroxylation is 1. The van der Waals surface area contributed by atoms with Crippen LogP contribution in [-0.2, 0) is 4.74 Å². The monoisotopic (exact) mass is 380 g/mol. The van der Waals surface area contributed by atoms with Gasteiger partial charge in [-0.15, -0.1) is 0 Å². The maximum atomic E-state index is 14.0. The molecule has 0 unspecified atom stereocenters. The highest BCUT2D eigenvalue weighted by Crippen LogP contribution is 2.27. The number of carbonyl (C=O) groups is 1. The number of hydrogen-bond donors (Lipinski definition) is 1. The Labute approximate surface area is 154 Å². The van der Waals surface area contributed by atoms with Crippen LogP contribution in [0.3, 0.4) is 0 Å². The minimum atomic E-state index is -0.805. The van der Waals surface area contributed by atoms with Crippen LogP contribution < -0.4 is 10.1 Å². The molecule has 2 amide bonds. The van der Waals surface area contributed by atoms with Crippen LogP contribution in [-0.4, -0.2) is 37.7 Å². The molecule has 0 radical (unpaired) electrons. The fourth-order valence-electron chi connectivity index (χ4n) is 2.88. The summed E-state index contributed by atoms with van der Waals surface area (Å²) in [4.78, 5) is 13.9. The molecule has 1 N–H and O–H groups in total. The lowest BCUT2D eigenvalue weighted by molar-refractivity contribution is -0.0135. The summed E-state index contributed by atoms with van der Waals surface area (Å²) in [6.45, 7) is 2.42. The third-order valence-corrected chi connectivity index (χ3v) is 4.39. The summed E-state index contributed by atoms with van der Waals surface area (Å²) < 4.78 is 51.6. The van der Waals surface area contributed by atoms with Crippen LogP contribution in [0.1, 0.15) is 17.2 Å². The molecule has 0 saturated carbocycles. The molecule has 1 heterocycles. The van der Waals surface area contributed by atoms with Crippen molar-refractivity contribution in [3.8, 4) is 5.75 Å². The third kappa shape index (κ3) is 4.16. The smallest absolute Gasteiger partial charge is 0.322 e. The Balaban J connectivity index is 1.71. The van der Waals surface area contributed by atoms with Gasteiger partial charge >= 0.3 is 6.03 Å². The second kappa shape index (κ2) is 7.87. The SMILES string of the molecule is COc1cc(F)c(NC(=O)N2CCO[C@H](c3ccc(F)c(C)c3)C2)cc1F. The molecule has 1 atom stereocenters.